The van der Waals surface area contributed by atoms with Gasteiger partial charge >= 0.3 is 0 Å². The van der Waals surface area contributed by atoms with Gasteiger partial charge in [0.1, 0.15) is 11.5 Å². The highest BCUT2D eigenvalue weighted by atomic mass is 35.5. The smallest absolute Gasteiger partial charge is 0.262 e. The average Bonchev–Trinajstić information content (AvgIpc) is 2.78. The van der Waals surface area contributed by atoms with Crippen LogP contribution in [0.4, 0.5) is 5.69 Å². The molecule has 0 aliphatic carbocycles. The van der Waals surface area contributed by atoms with Gasteiger partial charge in [0.25, 0.3) is 15.9 Å². The van der Waals surface area contributed by atoms with E-state index < -0.39 is 15.9 Å². The number of halogens is 1. The summed E-state index contributed by atoms with van der Waals surface area (Å²) in [4.78, 5) is 26.2. The van der Waals surface area contributed by atoms with Gasteiger partial charge in [0.15, 0.2) is 0 Å². The third-order valence-electron chi connectivity index (χ3n) is 4.97. The highest BCUT2D eigenvalue weighted by Crippen LogP contribution is 2.37. The van der Waals surface area contributed by atoms with Crippen LogP contribution in [-0.4, -0.2) is 59.0 Å². The van der Waals surface area contributed by atoms with Crippen molar-refractivity contribution in [2.45, 2.75) is 25.7 Å². The number of hydrogen-bond donors (Lipinski definition) is 2. The topological polar surface area (TPSA) is 114 Å². The average molecular weight is 498 g/mol. The molecule has 0 aromatic heterocycles. The molecule has 2 rings (SSSR count). The molecule has 180 valence electrons. The fraction of sp³-hybridized carbons (Fsp3) is 0.364. The number of benzene rings is 2. The van der Waals surface area contributed by atoms with Crippen molar-refractivity contribution >= 4 is 39.1 Å². The van der Waals surface area contributed by atoms with Crippen LogP contribution in [0.15, 0.2) is 35.2 Å². The molecule has 2 N–H and O–H groups in total. The number of rotatable bonds is 10. The zero-order chi connectivity index (χ0) is 24.8. The van der Waals surface area contributed by atoms with E-state index >= 15 is 0 Å². The van der Waals surface area contributed by atoms with E-state index in [4.69, 9.17) is 21.1 Å². The highest BCUT2D eigenvalue weighted by Gasteiger charge is 2.22. The zero-order valence-electron chi connectivity index (χ0n) is 19.2. The number of likely N-dealkylation sites (N-methyl/N-ethyl adjacent to an activating group) is 1. The molecule has 0 heterocycles. The summed E-state index contributed by atoms with van der Waals surface area (Å²) in [6, 6.07) is 7.11. The Kier molecular flexibility index (Phi) is 8.95. The van der Waals surface area contributed by atoms with E-state index in [1.54, 1.807) is 11.8 Å². The Bertz CT molecular complexity index is 1130. The lowest BCUT2D eigenvalue weighted by molar-refractivity contribution is -0.129. The number of aryl methyl sites for hydroxylation is 1. The van der Waals surface area contributed by atoms with Gasteiger partial charge in [-0.2, -0.15) is 0 Å². The molecule has 2 aromatic carbocycles. The number of nitrogens with one attached hydrogen (secondary N) is 2. The van der Waals surface area contributed by atoms with Crippen LogP contribution in [0.5, 0.6) is 11.5 Å². The Balaban J connectivity index is 2.30. The summed E-state index contributed by atoms with van der Waals surface area (Å²) >= 11 is 6.14. The molecule has 0 aliphatic rings. The molecule has 0 unspecified atom stereocenters. The predicted octanol–water partition coefficient (Wildman–Crippen LogP) is 3.06. The van der Waals surface area contributed by atoms with Crippen LogP contribution >= 0.6 is 11.6 Å². The lowest BCUT2D eigenvalue weighted by atomic mass is 10.1. The summed E-state index contributed by atoms with van der Waals surface area (Å²) in [5.74, 6) is -0.248. The van der Waals surface area contributed by atoms with Crippen LogP contribution in [0.3, 0.4) is 0 Å². The molecule has 0 bridgehead atoms. The maximum atomic E-state index is 13.1. The first-order valence-electron chi connectivity index (χ1n) is 10.2. The van der Waals surface area contributed by atoms with Gasteiger partial charge in [-0.15, -0.1) is 0 Å². The molecular weight excluding hydrogens is 470 g/mol. The molecule has 0 spiro atoms. The summed E-state index contributed by atoms with van der Waals surface area (Å²) in [7, 11) is -1.29. The summed E-state index contributed by atoms with van der Waals surface area (Å²) in [6.45, 7) is 6.18. The molecule has 0 aliphatic heterocycles. The minimum absolute atomic E-state index is 0.0980. The molecule has 0 saturated heterocycles. The molecule has 0 saturated carbocycles. The van der Waals surface area contributed by atoms with E-state index in [1.165, 1.54) is 44.6 Å². The number of carbonyl (C=O) groups excluding carboxylic acids is 2. The molecule has 33 heavy (non-hydrogen) atoms. The summed E-state index contributed by atoms with van der Waals surface area (Å²) in [6.07, 6.45) is 0. The van der Waals surface area contributed by atoms with Crippen LogP contribution < -0.4 is 19.5 Å². The van der Waals surface area contributed by atoms with Crippen molar-refractivity contribution in [3.8, 4) is 11.5 Å². The number of carbonyl (C=O) groups is 2. The van der Waals surface area contributed by atoms with E-state index in [1.807, 2.05) is 13.8 Å². The van der Waals surface area contributed by atoms with Crippen molar-refractivity contribution in [3.05, 3.63) is 46.5 Å². The number of anilines is 1. The quantitative estimate of drug-likeness (QED) is 0.521. The van der Waals surface area contributed by atoms with Crippen LogP contribution in [0, 0.1) is 6.92 Å². The second-order valence-corrected chi connectivity index (χ2v) is 9.08. The molecule has 2 aromatic rings. The van der Waals surface area contributed by atoms with Crippen LogP contribution in [0.1, 0.15) is 29.8 Å². The minimum atomic E-state index is -4.11. The van der Waals surface area contributed by atoms with Gasteiger partial charge in [0, 0.05) is 24.7 Å². The summed E-state index contributed by atoms with van der Waals surface area (Å²) in [5, 5.41) is 2.73. The summed E-state index contributed by atoms with van der Waals surface area (Å²) in [5.41, 5.74) is 0.646. The SMILES string of the molecule is CCN(CC)C(=O)CNC(=O)c1ccc(C)c(S(=O)(=O)Nc2cc(Cl)c(OC)cc2OC)c1. The molecular formula is C22H28ClN3O6S. The molecule has 2 amide bonds. The lowest BCUT2D eigenvalue weighted by Gasteiger charge is -2.19. The highest BCUT2D eigenvalue weighted by molar-refractivity contribution is 7.92. The van der Waals surface area contributed by atoms with Crippen LogP contribution in [0.2, 0.25) is 5.02 Å². The van der Waals surface area contributed by atoms with E-state index in [0.29, 0.717) is 24.4 Å². The fourth-order valence-corrected chi connectivity index (χ4v) is 4.69. The van der Waals surface area contributed by atoms with Crippen molar-refractivity contribution in [2.24, 2.45) is 0 Å². The van der Waals surface area contributed by atoms with Crippen molar-refractivity contribution in [3.63, 3.8) is 0 Å². The first kappa shape index (κ1) is 26.3. The van der Waals surface area contributed by atoms with E-state index in [-0.39, 0.29) is 39.4 Å². The van der Waals surface area contributed by atoms with Crippen molar-refractivity contribution in [1.29, 1.82) is 0 Å². The molecule has 0 atom stereocenters. The Labute approximate surface area is 199 Å². The van der Waals surface area contributed by atoms with Crippen molar-refractivity contribution in [1.82, 2.24) is 10.2 Å². The van der Waals surface area contributed by atoms with Gasteiger partial charge in [-0.1, -0.05) is 17.7 Å². The molecule has 11 heteroatoms. The molecule has 0 fully saturated rings. The van der Waals surface area contributed by atoms with Gasteiger partial charge in [0.05, 0.1) is 36.4 Å². The normalized spacial score (nSPS) is 11.0. The number of methoxy groups -OCH3 is 2. The number of amides is 2. The van der Waals surface area contributed by atoms with Gasteiger partial charge in [-0.25, -0.2) is 8.42 Å². The van der Waals surface area contributed by atoms with Gasteiger partial charge in [-0.3, -0.25) is 14.3 Å². The predicted molar refractivity (Wildman–Crippen MR) is 127 cm³/mol. The van der Waals surface area contributed by atoms with Crippen LogP contribution in [0.25, 0.3) is 0 Å². The minimum Gasteiger partial charge on any atom is -0.495 e. The Morgan fingerprint density at radius 2 is 1.67 bits per heavy atom. The van der Waals surface area contributed by atoms with E-state index in [2.05, 4.69) is 10.0 Å². The first-order valence-corrected chi connectivity index (χ1v) is 12.0. The first-order chi connectivity index (χ1) is 15.6. The Morgan fingerprint density at radius 1 is 1.03 bits per heavy atom. The number of ether oxygens (including phenoxy) is 2. The molecule has 0 radical (unpaired) electrons. The monoisotopic (exact) mass is 497 g/mol. The standard InChI is InChI=1S/C22H28ClN3O6S/c1-6-26(7-2)21(27)13-24-22(28)15-9-8-14(3)20(10-15)33(29,30)25-17-11-16(23)18(31-4)12-19(17)32-5/h8-12,25H,6-7,13H2,1-5H3,(H,24,28). The number of hydrogen-bond acceptors (Lipinski definition) is 6. The number of nitrogens with zero attached hydrogens (tertiary/aromatic N) is 1. The van der Waals surface area contributed by atoms with E-state index in [9.17, 15) is 18.0 Å². The van der Waals surface area contributed by atoms with Crippen LogP contribution in [-0.2, 0) is 14.8 Å². The van der Waals surface area contributed by atoms with Crippen molar-refractivity contribution in [2.75, 3.05) is 38.6 Å². The van der Waals surface area contributed by atoms with Gasteiger partial charge in [-0.05, 0) is 44.5 Å². The number of sulfonamides is 1. The van der Waals surface area contributed by atoms with Gasteiger partial charge in [0.2, 0.25) is 5.91 Å². The lowest BCUT2D eigenvalue weighted by Crippen LogP contribution is -2.40. The Morgan fingerprint density at radius 3 is 2.24 bits per heavy atom. The zero-order valence-corrected chi connectivity index (χ0v) is 20.8. The fourth-order valence-electron chi connectivity index (χ4n) is 3.12. The van der Waals surface area contributed by atoms with Crippen molar-refractivity contribution < 1.29 is 27.5 Å². The maximum Gasteiger partial charge on any atom is 0.262 e. The maximum absolute atomic E-state index is 13.1. The second-order valence-electron chi connectivity index (χ2n) is 7.02. The third kappa shape index (κ3) is 6.29. The summed E-state index contributed by atoms with van der Waals surface area (Å²) < 4.78 is 39.1. The molecule has 9 nitrogen and oxygen atoms in total. The third-order valence-corrected chi connectivity index (χ3v) is 6.78. The largest absolute Gasteiger partial charge is 0.495 e. The van der Waals surface area contributed by atoms with E-state index in [0.717, 1.165) is 0 Å². The second kappa shape index (κ2) is 11.2. The van der Waals surface area contributed by atoms with Gasteiger partial charge < -0.3 is 19.7 Å². The Hall–Kier alpha value is -2.98.